The average molecular weight is 509 g/mol. The van der Waals surface area contributed by atoms with E-state index in [2.05, 4.69) is 4.98 Å². The number of nitrogens with zero attached hydrogens (tertiary/aromatic N) is 4. The maximum absolute atomic E-state index is 15.3. The van der Waals surface area contributed by atoms with E-state index in [4.69, 9.17) is 14.8 Å². The molecule has 38 heavy (non-hydrogen) atoms. The molecule has 0 saturated heterocycles. The first kappa shape index (κ1) is 23.8. The van der Waals surface area contributed by atoms with Crippen LogP contribution in [0.4, 0.5) is 4.39 Å². The van der Waals surface area contributed by atoms with E-state index in [1.54, 1.807) is 23.8 Å². The summed E-state index contributed by atoms with van der Waals surface area (Å²) >= 11 is 0. The van der Waals surface area contributed by atoms with Crippen LogP contribution in [0, 0.1) is 19.7 Å². The second kappa shape index (κ2) is 9.37. The number of carbonyl (C=O) groups is 1. The maximum Gasteiger partial charge on any atom is 0.307 e. The van der Waals surface area contributed by atoms with Crippen molar-refractivity contribution in [3.63, 3.8) is 0 Å². The number of aryl methyl sites for hydroxylation is 1. The van der Waals surface area contributed by atoms with Crippen molar-refractivity contribution < 1.29 is 19.0 Å². The lowest BCUT2D eigenvalue weighted by molar-refractivity contribution is -0.136. The first-order valence-corrected chi connectivity index (χ1v) is 12.5. The third-order valence-electron chi connectivity index (χ3n) is 7.10. The van der Waals surface area contributed by atoms with E-state index in [-0.39, 0.29) is 12.2 Å². The number of fused-ring (bicyclic) bond motifs is 2. The van der Waals surface area contributed by atoms with Gasteiger partial charge in [-0.2, -0.15) is 5.10 Å². The van der Waals surface area contributed by atoms with E-state index in [9.17, 15) is 9.90 Å². The SMILES string of the molecule is Cc1nc2cc(-c3cccc(-c4ccncc4)c3)nn2c(-c2cc(F)c3c(c2C)CCCO3)c1CC(=O)O. The van der Waals surface area contributed by atoms with Crippen LogP contribution in [0.15, 0.2) is 60.9 Å². The summed E-state index contributed by atoms with van der Waals surface area (Å²) in [4.78, 5) is 20.7. The van der Waals surface area contributed by atoms with E-state index in [0.717, 1.165) is 34.2 Å². The largest absolute Gasteiger partial charge is 0.490 e. The van der Waals surface area contributed by atoms with E-state index >= 15 is 4.39 Å². The Hall–Kier alpha value is -4.59. The van der Waals surface area contributed by atoms with Crippen LogP contribution >= 0.6 is 0 Å². The van der Waals surface area contributed by atoms with Gasteiger partial charge in [0.05, 0.1) is 24.4 Å². The number of pyridine rings is 1. The quantitative estimate of drug-likeness (QED) is 0.321. The Morgan fingerprint density at radius 1 is 1.08 bits per heavy atom. The molecule has 3 aromatic heterocycles. The summed E-state index contributed by atoms with van der Waals surface area (Å²) in [6.45, 7) is 4.19. The van der Waals surface area contributed by atoms with Crippen LogP contribution in [0.25, 0.3) is 39.3 Å². The van der Waals surface area contributed by atoms with Crippen LogP contribution in [0.1, 0.15) is 28.8 Å². The fourth-order valence-electron chi connectivity index (χ4n) is 5.24. The molecule has 0 saturated carbocycles. The minimum atomic E-state index is -0.993. The minimum Gasteiger partial charge on any atom is -0.490 e. The van der Waals surface area contributed by atoms with Gasteiger partial charge < -0.3 is 9.84 Å². The molecule has 190 valence electrons. The Labute approximate surface area is 218 Å². The Kier molecular flexibility index (Phi) is 5.87. The van der Waals surface area contributed by atoms with Gasteiger partial charge in [0, 0.05) is 46.4 Å². The van der Waals surface area contributed by atoms with Crippen molar-refractivity contribution in [3.05, 3.63) is 89.1 Å². The molecule has 0 amide bonds. The predicted molar refractivity (Wildman–Crippen MR) is 142 cm³/mol. The van der Waals surface area contributed by atoms with Crippen molar-refractivity contribution in [2.45, 2.75) is 33.1 Å². The first-order valence-electron chi connectivity index (χ1n) is 12.5. The molecule has 7 nitrogen and oxygen atoms in total. The van der Waals surface area contributed by atoms with Crippen LogP contribution in [0.3, 0.4) is 0 Å². The summed E-state index contributed by atoms with van der Waals surface area (Å²) in [7, 11) is 0. The number of carboxylic acid groups (broad SMARTS) is 1. The summed E-state index contributed by atoms with van der Waals surface area (Å²) < 4.78 is 22.6. The van der Waals surface area contributed by atoms with Gasteiger partial charge >= 0.3 is 5.97 Å². The normalized spacial score (nSPS) is 12.8. The van der Waals surface area contributed by atoms with Gasteiger partial charge in [0.15, 0.2) is 17.2 Å². The lowest BCUT2D eigenvalue weighted by atomic mass is 9.91. The standard InChI is InChI=1S/C30H25FN4O3/c1-17-22-7-4-12-38-30(22)25(31)14-23(17)29-24(15-28(36)37)18(2)33-27-16-26(34-35(27)29)21-6-3-5-20(13-21)19-8-10-32-11-9-19/h3,5-6,8-11,13-14,16H,4,7,12,15H2,1-2H3,(H,36,37). The van der Waals surface area contributed by atoms with Gasteiger partial charge in [-0.1, -0.05) is 18.2 Å². The number of hydrogen-bond donors (Lipinski definition) is 1. The Morgan fingerprint density at radius 2 is 1.87 bits per heavy atom. The average Bonchev–Trinajstić information content (AvgIpc) is 3.35. The van der Waals surface area contributed by atoms with Crippen LogP contribution in [0.5, 0.6) is 5.75 Å². The number of aromatic nitrogens is 4. The molecule has 0 aliphatic carbocycles. The van der Waals surface area contributed by atoms with Crippen LogP contribution < -0.4 is 4.74 Å². The van der Waals surface area contributed by atoms with E-state index in [1.807, 2.05) is 49.4 Å². The van der Waals surface area contributed by atoms with Gasteiger partial charge in [-0.3, -0.25) is 9.78 Å². The zero-order valence-electron chi connectivity index (χ0n) is 21.0. The summed E-state index contributed by atoms with van der Waals surface area (Å²) in [5.41, 5.74) is 8.06. The number of carboxylic acids is 1. The summed E-state index contributed by atoms with van der Waals surface area (Å²) in [6.07, 6.45) is 4.73. The van der Waals surface area contributed by atoms with Gasteiger partial charge in [0.1, 0.15) is 0 Å². The number of halogens is 1. The summed E-state index contributed by atoms with van der Waals surface area (Å²) in [5.74, 6) is -1.16. The van der Waals surface area contributed by atoms with Crippen molar-refractivity contribution in [2.75, 3.05) is 6.61 Å². The lowest BCUT2D eigenvalue weighted by Gasteiger charge is -2.23. The van der Waals surface area contributed by atoms with E-state index in [0.29, 0.717) is 46.9 Å². The molecule has 0 unspecified atom stereocenters. The Bertz CT molecular complexity index is 1710. The molecule has 0 spiro atoms. The highest BCUT2D eigenvalue weighted by Gasteiger charge is 2.26. The molecule has 0 fully saturated rings. The first-order chi connectivity index (χ1) is 18.4. The molecule has 0 radical (unpaired) electrons. The smallest absolute Gasteiger partial charge is 0.307 e. The topological polar surface area (TPSA) is 89.6 Å². The summed E-state index contributed by atoms with van der Waals surface area (Å²) in [6, 6.07) is 15.2. The third-order valence-corrected chi connectivity index (χ3v) is 7.10. The molecule has 0 atom stereocenters. The molecule has 1 N–H and O–H groups in total. The third kappa shape index (κ3) is 4.08. The molecule has 1 aliphatic rings. The van der Waals surface area contributed by atoms with E-state index in [1.165, 1.54) is 6.07 Å². The molecule has 0 bridgehead atoms. The second-order valence-electron chi connectivity index (χ2n) is 9.50. The highest BCUT2D eigenvalue weighted by atomic mass is 19.1. The zero-order valence-corrected chi connectivity index (χ0v) is 21.0. The molecule has 4 heterocycles. The van der Waals surface area contributed by atoms with Crippen molar-refractivity contribution in [2.24, 2.45) is 0 Å². The molecular weight excluding hydrogens is 483 g/mol. The van der Waals surface area contributed by atoms with Crippen molar-refractivity contribution in [1.82, 2.24) is 19.6 Å². The molecule has 6 rings (SSSR count). The van der Waals surface area contributed by atoms with Gasteiger partial charge in [0.2, 0.25) is 0 Å². The lowest BCUT2D eigenvalue weighted by Crippen LogP contribution is -2.14. The second-order valence-corrected chi connectivity index (χ2v) is 9.50. The van der Waals surface area contributed by atoms with Crippen LogP contribution in [-0.2, 0) is 17.6 Å². The van der Waals surface area contributed by atoms with Gasteiger partial charge in [-0.25, -0.2) is 13.9 Å². The Balaban J connectivity index is 1.58. The molecular formula is C30H25FN4O3. The molecule has 2 aromatic carbocycles. The minimum absolute atomic E-state index is 0.258. The maximum atomic E-state index is 15.3. The van der Waals surface area contributed by atoms with Gasteiger partial charge in [0.25, 0.3) is 0 Å². The fraction of sp³-hybridized carbons (Fsp3) is 0.200. The number of ether oxygens (including phenoxy) is 1. The highest BCUT2D eigenvalue weighted by Crippen LogP contribution is 2.39. The van der Waals surface area contributed by atoms with Crippen molar-refractivity contribution in [1.29, 1.82) is 0 Å². The van der Waals surface area contributed by atoms with Gasteiger partial charge in [-0.05, 0) is 67.6 Å². The fourth-order valence-corrected chi connectivity index (χ4v) is 5.24. The highest BCUT2D eigenvalue weighted by molar-refractivity contribution is 5.80. The number of aliphatic carboxylic acids is 1. The van der Waals surface area contributed by atoms with E-state index < -0.39 is 11.8 Å². The van der Waals surface area contributed by atoms with Gasteiger partial charge in [-0.15, -0.1) is 0 Å². The van der Waals surface area contributed by atoms with Crippen molar-refractivity contribution in [3.8, 4) is 39.4 Å². The molecule has 1 aliphatic heterocycles. The number of hydrogen-bond acceptors (Lipinski definition) is 5. The molecule has 5 aromatic rings. The summed E-state index contributed by atoms with van der Waals surface area (Å²) in [5, 5.41) is 14.6. The van der Waals surface area contributed by atoms with Crippen molar-refractivity contribution >= 4 is 11.6 Å². The number of rotatable bonds is 5. The van der Waals surface area contributed by atoms with Crippen LogP contribution in [0.2, 0.25) is 0 Å². The monoisotopic (exact) mass is 508 g/mol. The zero-order chi connectivity index (χ0) is 26.4. The Morgan fingerprint density at radius 3 is 2.66 bits per heavy atom. The van der Waals surface area contributed by atoms with Crippen LogP contribution in [-0.4, -0.2) is 37.3 Å². The molecule has 8 heteroatoms. The number of benzene rings is 2. The predicted octanol–water partition coefficient (Wildman–Crippen LogP) is 5.83.